The third-order valence-corrected chi connectivity index (χ3v) is 7.23. The van der Waals surface area contributed by atoms with E-state index in [-0.39, 0.29) is 0 Å². The monoisotopic (exact) mass is 487 g/mol. The lowest BCUT2D eigenvalue weighted by Gasteiger charge is -2.18. The molecule has 0 radical (unpaired) electrons. The molecule has 0 amide bonds. The molecule has 0 atom stereocenters. The highest BCUT2D eigenvalue weighted by molar-refractivity contribution is 6.21. The molecular weight excluding hydrogens is 462 g/mol. The van der Waals surface area contributed by atoms with Crippen LogP contribution >= 0.6 is 0 Å². The van der Waals surface area contributed by atoms with Crippen LogP contribution in [0.25, 0.3) is 60.6 Å². The maximum atomic E-state index is 4.67. The first-order valence-corrected chi connectivity index (χ1v) is 12.9. The SMILES string of the molecule is C1=CC(c2cccc(-c3c4ccccc4c(-c4ccnc(-c5ccncc5)c4)c4ccccc34)c2)=CNC1. The highest BCUT2D eigenvalue weighted by atomic mass is 14.8. The van der Waals surface area contributed by atoms with Crippen molar-refractivity contribution in [2.45, 2.75) is 0 Å². The fourth-order valence-corrected chi connectivity index (χ4v) is 5.52. The molecule has 0 fully saturated rings. The predicted molar refractivity (Wildman–Crippen MR) is 158 cm³/mol. The van der Waals surface area contributed by atoms with Gasteiger partial charge < -0.3 is 5.32 Å². The summed E-state index contributed by atoms with van der Waals surface area (Å²) in [6.45, 7) is 0.873. The Bertz CT molecular complexity index is 1810. The van der Waals surface area contributed by atoms with E-state index in [1.165, 1.54) is 49.4 Å². The van der Waals surface area contributed by atoms with Crippen molar-refractivity contribution in [3.05, 3.63) is 140 Å². The number of nitrogens with zero attached hydrogens (tertiary/aromatic N) is 2. The summed E-state index contributed by atoms with van der Waals surface area (Å²) in [7, 11) is 0. The van der Waals surface area contributed by atoms with E-state index in [4.69, 9.17) is 0 Å². The van der Waals surface area contributed by atoms with Crippen molar-refractivity contribution in [3.8, 4) is 33.5 Å². The lowest BCUT2D eigenvalue weighted by atomic mass is 9.85. The van der Waals surface area contributed by atoms with Crippen LogP contribution in [0, 0.1) is 0 Å². The number of allylic oxidation sites excluding steroid dienone is 2. The lowest BCUT2D eigenvalue weighted by molar-refractivity contribution is 0.976. The van der Waals surface area contributed by atoms with E-state index in [2.05, 4.69) is 119 Å². The fraction of sp³-hybridized carbons (Fsp3) is 0.0286. The van der Waals surface area contributed by atoms with Crippen molar-refractivity contribution in [1.29, 1.82) is 0 Å². The molecule has 0 spiro atoms. The smallest absolute Gasteiger partial charge is 0.0709 e. The maximum absolute atomic E-state index is 4.67. The Hall–Kier alpha value is -5.02. The summed E-state index contributed by atoms with van der Waals surface area (Å²) in [6, 6.07) is 34.7. The number of fused-ring (bicyclic) bond motifs is 2. The standard InChI is InChI=1S/C35H25N3/c1-3-12-31-29(10-1)34(26-8-5-7-25(21-26)28-9-6-17-37-23-28)30-11-2-4-13-32(30)35(31)27-16-20-38-33(22-27)24-14-18-36-19-15-24/h1-16,18-23,37H,17H2. The van der Waals surface area contributed by atoms with Crippen molar-refractivity contribution < 1.29 is 0 Å². The summed E-state index contributed by atoms with van der Waals surface area (Å²) in [5, 5.41) is 8.29. The molecule has 0 saturated heterocycles. The second kappa shape index (κ2) is 9.45. The van der Waals surface area contributed by atoms with Crippen LogP contribution in [0.5, 0.6) is 0 Å². The van der Waals surface area contributed by atoms with Crippen LogP contribution in [0.1, 0.15) is 5.56 Å². The van der Waals surface area contributed by atoms with E-state index in [9.17, 15) is 0 Å². The average Bonchev–Trinajstić information content (AvgIpc) is 3.01. The van der Waals surface area contributed by atoms with E-state index < -0.39 is 0 Å². The number of pyridine rings is 2. The topological polar surface area (TPSA) is 37.8 Å². The summed E-state index contributed by atoms with van der Waals surface area (Å²) < 4.78 is 0. The molecule has 1 aliphatic heterocycles. The van der Waals surface area contributed by atoms with Crippen LogP contribution in [0.15, 0.2) is 134 Å². The molecule has 3 heteroatoms. The molecule has 4 aromatic carbocycles. The number of aromatic nitrogens is 2. The van der Waals surface area contributed by atoms with Gasteiger partial charge in [-0.1, -0.05) is 78.9 Å². The summed E-state index contributed by atoms with van der Waals surface area (Å²) in [4.78, 5) is 8.84. The molecule has 6 aromatic rings. The van der Waals surface area contributed by atoms with E-state index in [0.29, 0.717) is 0 Å². The van der Waals surface area contributed by atoms with Gasteiger partial charge in [0, 0.05) is 36.9 Å². The second-order valence-corrected chi connectivity index (χ2v) is 9.50. The van der Waals surface area contributed by atoms with E-state index in [0.717, 1.165) is 23.4 Å². The molecule has 38 heavy (non-hydrogen) atoms. The maximum Gasteiger partial charge on any atom is 0.0709 e. The molecule has 1 aliphatic rings. The van der Waals surface area contributed by atoms with Crippen LogP contribution in [0.2, 0.25) is 0 Å². The van der Waals surface area contributed by atoms with Gasteiger partial charge in [0.05, 0.1) is 5.69 Å². The predicted octanol–water partition coefficient (Wildman–Crippen LogP) is 8.28. The van der Waals surface area contributed by atoms with Gasteiger partial charge in [-0.2, -0.15) is 0 Å². The minimum Gasteiger partial charge on any atom is -0.387 e. The van der Waals surface area contributed by atoms with Gasteiger partial charge in [-0.15, -0.1) is 0 Å². The highest BCUT2D eigenvalue weighted by Crippen LogP contribution is 2.44. The summed E-state index contributed by atoms with van der Waals surface area (Å²) in [5.41, 5.74) is 9.27. The molecule has 0 unspecified atom stereocenters. The Labute approximate surface area is 221 Å². The molecule has 0 bridgehead atoms. The molecule has 180 valence electrons. The number of rotatable bonds is 4. The number of nitrogens with one attached hydrogen (secondary N) is 1. The third-order valence-electron chi connectivity index (χ3n) is 7.23. The number of dihydropyridines is 1. The molecule has 0 saturated carbocycles. The fourth-order valence-electron chi connectivity index (χ4n) is 5.52. The lowest BCUT2D eigenvalue weighted by Crippen LogP contribution is -2.08. The zero-order valence-corrected chi connectivity index (χ0v) is 20.8. The normalized spacial score (nSPS) is 12.9. The van der Waals surface area contributed by atoms with Crippen LogP contribution in [0.3, 0.4) is 0 Å². The van der Waals surface area contributed by atoms with Gasteiger partial charge in [-0.25, -0.2) is 0 Å². The van der Waals surface area contributed by atoms with Crippen LogP contribution in [0.4, 0.5) is 0 Å². The molecule has 0 aliphatic carbocycles. The largest absolute Gasteiger partial charge is 0.387 e. The van der Waals surface area contributed by atoms with Gasteiger partial charge in [0.15, 0.2) is 0 Å². The first-order valence-electron chi connectivity index (χ1n) is 12.9. The van der Waals surface area contributed by atoms with Crippen molar-refractivity contribution >= 4 is 27.1 Å². The second-order valence-electron chi connectivity index (χ2n) is 9.50. The van der Waals surface area contributed by atoms with Gasteiger partial charge in [0.25, 0.3) is 0 Å². The van der Waals surface area contributed by atoms with E-state index >= 15 is 0 Å². The van der Waals surface area contributed by atoms with Crippen LogP contribution in [-0.2, 0) is 0 Å². The van der Waals surface area contributed by atoms with Crippen molar-refractivity contribution in [1.82, 2.24) is 15.3 Å². The van der Waals surface area contributed by atoms with Crippen molar-refractivity contribution in [3.63, 3.8) is 0 Å². The minimum absolute atomic E-state index is 0.873. The summed E-state index contributed by atoms with van der Waals surface area (Å²) in [5.74, 6) is 0. The molecule has 7 rings (SSSR count). The molecule has 3 nitrogen and oxygen atoms in total. The third kappa shape index (κ3) is 3.86. The number of benzene rings is 4. The van der Waals surface area contributed by atoms with E-state index in [1.54, 1.807) is 0 Å². The van der Waals surface area contributed by atoms with Crippen LogP contribution in [-0.4, -0.2) is 16.5 Å². The molecular formula is C35H25N3. The van der Waals surface area contributed by atoms with Gasteiger partial charge >= 0.3 is 0 Å². The summed E-state index contributed by atoms with van der Waals surface area (Å²) >= 11 is 0. The Kier molecular flexibility index (Phi) is 5.52. The van der Waals surface area contributed by atoms with Gasteiger partial charge in [-0.05, 0) is 85.3 Å². The quantitative estimate of drug-likeness (QED) is 0.254. The number of hydrogen-bond donors (Lipinski definition) is 1. The molecule has 3 heterocycles. The zero-order chi connectivity index (χ0) is 25.3. The van der Waals surface area contributed by atoms with Crippen molar-refractivity contribution in [2.24, 2.45) is 0 Å². The van der Waals surface area contributed by atoms with Crippen LogP contribution < -0.4 is 5.32 Å². The first kappa shape index (κ1) is 22.2. The Morgan fingerprint density at radius 1 is 0.553 bits per heavy atom. The first-order chi connectivity index (χ1) is 18.9. The van der Waals surface area contributed by atoms with Gasteiger partial charge in [0.2, 0.25) is 0 Å². The van der Waals surface area contributed by atoms with Crippen molar-refractivity contribution in [2.75, 3.05) is 6.54 Å². The Morgan fingerprint density at radius 3 is 1.79 bits per heavy atom. The Morgan fingerprint density at radius 2 is 1.16 bits per heavy atom. The minimum atomic E-state index is 0.873. The average molecular weight is 488 g/mol. The summed E-state index contributed by atoms with van der Waals surface area (Å²) in [6.07, 6.45) is 12.0. The molecule has 1 N–H and O–H groups in total. The number of hydrogen-bond acceptors (Lipinski definition) is 3. The van der Waals surface area contributed by atoms with Gasteiger partial charge in [0.1, 0.15) is 0 Å². The zero-order valence-electron chi connectivity index (χ0n) is 20.8. The highest BCUT2D eigenvalue weighted by Gasteiger charge is 2.17. The molecule has 2 aromatic heterocycles. The Balaban J connectivity index is 1.50. The van der Waals surface area contributed by atoms with Gasteiger partial charge in [-0.3, -0.25) is 9.97 Å². The van der Waals surface area contributed by atoms with E-state index in [1.807, 2.05) is 30.7 Å².